The average Bonchev–Trinajstić information content (AvgIpc) is 2.69. The topological polar surface area (TPSA) is 56.2 Å². The van der Waals surface area contributed by atoms with Gasteiger partial charge in [-0.05, 0) is 46.2 Å². The Morgan fingerprint density at radius 3 is 2.53 bits per heavy atom. The van der Waals surface area contributed by atoms with Gasteiger partial charge in [0.25, 0.3) is 0 Å². The number of nitrogens with one attached hydrogen (secondary N) is 1. The van der Waals surface area contributed by atoms with Crippen LogP contribution < -0.4 is 5.32 Å². The second-order valence-corrected chi connectivity index (χ2v) is 5.05. The molecule has 0 aliphatic heterocycles. The van der Waals surface area contributed by atoms with Crippen LogP contribution in [0.25, 0.3) is 0 Å². The van der Waals surface area contributed by atoms with Crippen LogP contribution in [0.2, 0.25) is 0 Å². The van der Waals surface area contributed by atoms with Gasteiger partial charge in [-0.3, -0.25) is 9.48 Å². The quantitative estimate of drug-likeness (QED) is 0.796. The number of hydrogen-bond donors (Lipinski definition) is 1. The highest BCUT2D eigenvalue weighted by atomic mass is 16.5. The molecule has 0 spiro atoms. The van der Waals surface area contributed by atoms with Crippen LogP contribution in [0, 0.1) is 13.8 Å². The predicted molar refractivity (Wildman–Crippen MR) is 75.2 cm³/mol. The smallest absolute Gasteiger partial charge is 0.325 e. The van der Waals surface area contributed by atoms with Crippen molar-refractivity contribution in [3.05, 3.63) is 17.0 Å². The van der Waals surface area contributed by atoms with Gasteiger partial charge < -0.3 is 10.1 Å². The fourth-order valence-electron chi connectivity index (χ4n) is 2.35. The number of likely N-dealkylation sites (N-methyl/N-ethyl adjacent to an activating group) is 1. The number of ether oxygens (including phenoxy) is 1. The Balaban J connectivity index is 2.84. The van der Waals surface area contributed by atoms with Crippen LogP contribution in [0.4, 0.5) is 0 Å². The summed E-state index contributed by atoms with van der Waals surface area (Å²) in [5, 5.41) is 7.58. The van der Waals surface area contributed by atoms with Gasteiger partial charge in [0.1, 0.15) is 5.54 Å². The molecule has 1 unspecified atom stereocenters. The Bertz CT molecular complexity index is 454. The predicted octanol–water partition coefficient (Wildman–Crippen LogP) is 1.60. The second-order valence-electron chi connectivity index (χ2n) is 5.05. The molecule has 19 heavy (non-hydrogen) atoms. The fourth-order valence-corrected chi connectivity index (χ4v) is 2.35. The highest BCUT2D eigenvalue weighted by Crippen LogP contribution is 2.17. The van der Waals surface area contributed by atoms with Crippen molar-refractivity contribution in [2.75, 3.05) is 14.2 Å². The Kier molecular flexibility index (Phi) is 5.11. The highest BCUT2D eigenvalue weighted by Gasteiger charge is 2.32. The van der Waals surface area contributed by atoms with Crippen LogP contribution in [-0.4, -0.2) is 35.4 Å². The number of rotatable bonds is 6. The van der Waals surface area contributed by atoms with E-state index >= 15 is 0 Å². The molecule has 0 aliphatic rings. The molecule has 108 valence electrons. The molecule has 1 aromatic heterocycles. The summed E-state index contributed by atoms with van der Waals surface area (Å²) in [6.45, 7) is 8.78. The van der Waals surface area contributed by atoms with E-state index in [0.717, 1.165) is 12.1 Å². The van der Waals surface area contributed by atoms with Crippen LogP contribution in [0.3, 0.4) is 0 Å². The molecule has 0 aliphatic carbocycles. The van der Waals surface area contributed by atoms with Crippen molar-refractivity contribution in [2.24, 2.45) is 0 Å². The molecule has 5 heteroatoms. The summed E-state index contributed by atoms with van der Waals surface area (Å²) in [5.74, 6) is -0.243. The van der Waals surface area contributed by atoms with Gasteiger partial charge in [0.2, 0.25) is 0 Å². The molecule has 1 N–H and O–H groups in total. The SMILES string of the molecule is CCc1c(C)nn(CCC(C)(NC)C(=O)OC)c1C. The maximum absolute atomic E-state index is 11.8. The number of carbonyl (C=O) groups excluding carboxylic acids is 1. The monoisotopic (exact) mass is 267 g/mol. The number of nitrogens with zero attached hydrogens (tertiary/aromatic N) is 2. The molecule has 0 radical (unpaired) electrons. The van der Waals surface area contributed by atoms with E-state index in [1.165, 1.54) is 18.4 Å². The molecular weight excluding hydrogens is 242 g/mol. The Hall–Kier alpha value is -1.36. The largest absolute Gasteiger partial charge is 0.468 e. The van der Waals surface area contributed by atoms with E-state index in [2.05, 4.69) is 24.3 Å². The lowest BCUT2D eigenvalue weighted by Crippen LogP contribution is -2.49. The van der Waals surface area contributed by atoms with Crippen molar-refractivity contribution in [2.45, 2.75) is 52.6 Å². The number of methoxy groups -OCH3 is 1. The molecule has 0 bridgehead atoms. The molecule has 0 amide bonds. The standard InChI is InChI=1S/C14H25N3O2/c1-7-12-10(2)16-17(11(12)3)9-8-14(4,15-5)13(18)19-6/h15H,7-9H2,1-6H3. The zero-order chi connectivity index (χ0) is 14.6. The van der Waals surface area contributed by atoms with Crippen molar-refractivity contribution >= 4 is 5.97 Å². The molecular formula is C14H25N3O2. The van der Waals surface area contributed by atoms with E-state index in [-0.39, 0.29) is 5.97 Å². The van der Waals surface area contributed by atoms with Crippen LogP contribution >= 0.6 is 0 Å². The number of aromatic nitrogens is 2. The minimum Gasteiger partial charge on any atom is -0.468 e. The first-order valence-electron chi connectivity index (χ1n) is 6.69. The van der Waals surface area contributed by atoms with Crippen LogP contribution in [-0.2, 0) is 22.5 Å². The third kappa shape index (κ3) is 3.15. The van der Waals surface area contributed by atoms with Gasteiger partial charge in [-0.2, -0.15) is 5.10 Å². The number of aryl methyl sites for hydroxylation is 2. The first kappa shape index (κ1) is 15.7. The summed E-state index contributed by atoms with van der Waals surface area (Å²) < 4.78 is 6.82. The summed E-state index contributed by atoms with van der Waals surface area (Å²) in [7, 11) is 3.19. The summed E-state index contributed by atoms with van der Waals surface area (Å²) in [5.41, 5.74) is 2.88. The molecule has 0 saturated heterocycles. The minimum atomic E-state index is -0.673. The highest BCUT2D eigenvalue weighted by molar-refractivity contribution is 5.80. The van der Waals surface area contributed by atoms with E-state index in [9.17, 15) is 4.79 Å². The lowest BCUT2D eigenvalue weighted by Gasteiger charge is -2.26. The average molecular weight is 267 g/mol. The van der Waals surface area contributed by atoms with E-state index in [4.69, 9.17) is 4.74 Å². The van der Waals surface area contributed by atoms with Gasteiger partial charge in [0.05, 0.1) is 12.8 Å². The lowest BCUT2D eigenvalue weighted by atomic mass is 9.98. The Morgan fingerprint density at radius 1 is 1.47 bits per heavy atom. The maximum atomic E-state index is 11.8. The molecule has 1 aromatic rings. The molecule has 5 nitrogen and oxygen atoms in total. The van der Waals surface area contributed by atoms with Crippen LogP contribution in [0.1, 0.15) is 37.2 Å². The van der Waals surface area contributed by atoms with Gasteiger partial charge in [-0.25, -0.2) is 0 Å². The van der Waals surface area contributed by atoms with Crippen molar-refractivity contribution in [1.29, 1.82) is 0 Å². The molecule has 0 saturated carbocycles. The summed E-state index contributed by atoms with van der Waals surface area (Å²) in [4.78, 5) is 11.8. The van der Waals surface area contributed by atoms with Crippen molar-refractivity contribution in [3.8, 4) is 0 Å². The molecule has 1 atom stereocenters. The van der Waals surface area contributed by atoms with Gasteiger partial charge in [-0.15, -0.1) is 0 Å². The van der Waals surface area contributed by atoms with Crippen molar-refractivity contribution in [3.63, 3.8) is 0 Å². The molecule has 0 aromatic carbocycles. The van der Waals surface area contributed by atoms with Gasteiger partial charge in [0, 0.05) is 12.2 Å². The normalized spacial score (nSPS) is 14.2. The summed E-state index contributed by atoms with van der Waals surface area (Å²) >= 11 is 0. The van der Waals surface area contributed by atoms with Crippen molar-refractivity contribution < 1.29 is 9.53 Å². The van der Waals surface area contributed by atoms with E-state index in [0.29, 0.717) is 13.0 Å². The Morgan fingerprint density at radius 2 is 2.11 bits per heavy atom. The van der Waals surface area contributed by atoms with Gasteiger partial charge >= 0.3 is 5.97 Å². The third-order valence-corrected chi connectivity index (χ3v) is 3.90. The summed E-state index contributed by atoms with van der Waals surface area (Å²) in [6, 6.07) is 0. The zero-order valence-corrected chi connectivity index (χ0v) is 12.8. The fraction of sp³-hybridized carbons (Fsp3) is 0.714. The number of carbonyl (C=O) groups is 1. The second kappa shape index (κ2) is 6.19. The first-order chi connectivity index (χ1) is 8.89. The number of hydrogen-bond acceptors (Lipinski definition) is 4. The molecule has 1 rings (SSSR count). The lowest BCUT2D eigenvalue weighted by molar-refractivity contribution is -0.148. The summed E-state index contributed by atoms with van der Waals surface area (Å²) in [6.07, 6.45) is 1.62. The van der Waals surface area contributed by atoms with Crippen LogP contribution in [0.15, 0.2) is 0 Å². The van der Waals surface area contributed by atoms with Gasteiger partial charge in [0.15, 0.2) is 0 Å². The van der Waals surface area contributed by atoms with Crippen molar-refractivity contribution in [1.82, 2.24) is 15.1 Å². The number of esters is 1. The van der Waals surface area contributed by atoms with Crippen LogP contribution in [0.5, 0.6) is 0 Å². The first-order valence-corrected chi connectivity index (χ1v) is 6.69. The Labute approximate surface area is 115 Å². The third-order valence-electron chi connectivity index (χ3n) is 3.90. The van der Waals surface area contributed by atoms with E-state index in [1.54, 1.807) is 7.05 Å². The minimum absolute atomic E-state index is 0.243. The molecule has 0 fully saturated rings. The zero-order valence-electron chi connectivity index (χ0n) is 12.8. The molecule has 1 heterocycles. The maximum Gasteiger partial charge on any atom is 0.325 e. The van der Waals surface area contributed by atoms with E-state index in [1.807, 2.05) is 18.5 Å². The van der Waals surface area contributed by atoms with Gasteiger partial charge in [-0.1, -0.05) is 6.92 Å². The van der Waals surface area contributed by atoms with E-state index < -0.39 is 5.54 Å².